The molecule has 1 aromatic heterocycles. The van der Waals surface area contributed by atoms with Gasteiger partial charge in [-0.15, -0.1) is 11.3 Å². The van der Waals surface area contributed by atoms with Crippen LogP contribution in [0.15, 0.2) is 10.3 Å². The summed E-state index contributed by atoms with van der Waals surface area (Å²) in [5, 5.41) is 9.01. The number of carboxylic acid groups (broad SMARTS) is 1. The molecule has 96 valence electrons. The number of hydrogen-bond acceptors (Lipinski definition) is 4. The van der Waals surface area contributed by atoms with Crippen molar-refractivity contribution in [2.45, 2.75) is 30.4 Å². The highest BCUT2D eigenvalue weighted by Gasteiger charge is 2.21. The predicted octanol–water partition coefficient (Wildman–Crippen LogP) is 1.70. The zero-order valence-electron chi connectivity index (χ0n) is 9.69. The lowest BCUT2D eigenvalue weighted by atomic mass is 10.1. The van der Waals surface area contributed by atoms with Crippen molar-refractivity contribution in [2.75, 3.05) is 7.05 Å². The molecule has 0 spiro atoms. The number of rotatable bonds is 6. The molecule has 0 saturated carbocycles. The predicted molar refractivity (Wildman–Crippen MR) is 66.1 cm³/mol. The molecule has 0 amide bonds. The molecule has 0 aromatic carbocycles. The van der Waals surface area contributed by atoms with Crippen LogP contribution in [0.25, 0.3) is 0 Å². The molecule has 0 fully saturated rings. The molecule has 5 nitrogen and oxygen atoms in total. The van der Waals surface area contributed by atoms with Crippen molar-refractivity contribution >= 4 is 27.3 Å². The summed E-state index contributed by atoms with van der Waals surface area (Å²) in [5.41, 5.74) is 0.596. The van der Waals surface area contributed by atoms with Gasteiger partial charge in [0.1, 0.15) is 9.09 Å². The van der Waals surface area contributed by atoms with E-state index in [0.717, 1.165) is 24.2 Å². The Morgan fingerprint density at radius 3 is 2.65 bits per heavy atom. The van der Waals surface area contributed by atoms with Crippen molar-refractivity contribution < 1.29 is 18.3 Å². The van der Waals surface area contributed by atoms with Gasteiger partial charge in [0.25, 0.3) is 0 Å². The van der Waals surface area contributed by atoms with Gasteiger partial charge in [0.05, 0.1) is 0 Å². The summed E-state index contributed by atoms with van der Waals surface area (Å²) in [6.45, 7) is 2.00. The largest absolute Gasteiger partial charge is 0.477 e. The highest BCUT2D eigenvalue weighted by atomic mass is 32.2. The van der Waals surface area contributed by atoms with E-state index in [1.807, 2.05) is 6.92 Å². The van der Waals surface area contributed by atoms with Crippen molar-refractivity contribution in [3.05, 3.63) is 16.5 Å². The van der Waals surface area contributed by atoms with E-state index in [1.165, 1.54) is 13.1 Å². The Morgan fingerprint density at radius 1 is 1.53 bits per heavy atom. The topological polar surface area (TPSA) is 83.5 Å². The van der Waals surface area contributed by atoms with Crippen LogP contribution in [0.2, 0.25) is 0 Å². The molecule has 0 saturated heterocycles. The number of nitrogens with one attached hydrogen (secondary N) is 1. The van der Waals surface area contributed by atoms with Gasteiger partial charge in [0, 0.05) is 0 Å². The summed E-state index contributed by atoms with van der Waals surface area (Å²) in [4.78, 5) is 11.1. The highest BCUT2D eigenvalue weighted by molar-refractivity contribution is 7.91. The number of carbonyl (C=O) groups is 1. The molecule has 17 heavy (non-hydrogen) atoms. The Labute approximate surface area is 105 Å². The van der Waals surface area contributed by atoms with E-state index in [-0.39, 0.29) is 9.09 Å². The van der Waals surface area contributed by atoms with Crippen LogP contribution in [0.1, 0.15) is 35.0 Å². The molecule has 0 atom stereocenters. The van der Waals surface area contributed by atoms with Gasteiger partial charge in [-0.2, -0.15) is 0 Å². The average molecular weight is 277 g/mol. The number of unbranched alkanes of at least 4 members (excludes halogenated alkanes) is 1. The summed E-state index contributed by atoms with van der Waals surface area (Å²) in [7, 11) is -2.25. The van der Waals surface area contributed by atoms with Crippen LogP contribution in [-0.4, -0.2) is 26.5 Å². The molecule has 2 N–H and O–H groups in total. The minimum Gasteiger partial charge on any atom is -0.477 e. The SMILES string of the molecule is CCCCc1cc(S(=O)(=O)NC)sc1C(=O)O. The molecule has 0 aliphatic rings. The number of carboxylic acids is 1. The minimum atomic E-state index is -3.55. The van der Waals surface area contributed by atoms with Gasteiger partial charge < -0.3 is 5.11 Å². The van der Waals surface area contributed by atoms with Crippen molar-refractivity contribution in [1.29, 1.82) is 0 Å². The molecule has 7 heteroatoms. The summed E-state index contributed by atoms with van der Waals surface area (Å²) in [6.07, 6.45) is 2.37. The second kappa shape index (κ2) is 5.61. The molecule has 1 heterocycles. The zero-order chi connectivity index (χ0) is 13.1. The number of aryl methyl sites for hydroxylation is 1. The number of hydrogen-bond donors (Lipinski definition) is 2. The molecule has 0 radical (unpaired) electrons. The molecular formula is C10H15NO4S2. The maximum atomic E-state index is 11.6. The maximum absolute atomic E-state index is 11.6. The lowest BCUT2D eigenvalue weighted by Crippen LogP contribution is -2.17. The third-order valence-corrected chi connectivity index (χ3v) is 5.37. The summed E-state index contributed by atoms with van der Waals surface area (Å²) in [5.74, 6) is -1.07. The average Bonchev–Trinajstić information content (AvgIpc) is 2.71. The van der Waals surface area contributed by atoms with Crippen LogP contribution in [0.3, 0.4) is 0 Å². The normalized spacial score (nSPS) is 11.6. The van der Waals surface area contributed by atoms with Gasteiger partial charge in [-0.25, -0.2) is 17.9 Å². The molecule has 0 unspecified atom stereocenters. The number of sulfonamides is 1. The smallest absolute Gasteiger partial charge is 0.346 e. The van der Waals surface area contributed by atoms with Crippen LogP contribution < -0.4 is 4.72 Å². The van der Waals surface area contributed by atoms with E-state index in [1.54, 1.807) is 0 Å². The third kappa shape index (κ3) is 3.27. The van der Waals surface area contributed by atoms with Crippen molar-refractivity contribution in [3.63, 3.8) is 0 Å². The fourth-order valence-electron chi connectivity index (χ4n) is 1.37. The van der Waals surface area contributed by atoms with E-state index < -0.39 is 16.0 Å². The summed E-state index contributed by atoms with van der Waals surface area (Å²) >= 11 is 0.800. The van der Waals surface area contributed by atoms with Crippen LogP contribution in [0.4, 0.5) is 0 Å². The number of thiophene rings is 1. The van der Waals surface area contributed by atoms with Gasteiger partial charge in [0.2, 0.25) is 10.0 Å². The van der Waals surface area contributed by atoms with E-state index in [2.05, 4.69) is 4.72 Å². The van der Waals surface area contributed by atoms with Gasteiger partial charge in [-0.05, 0) is 31.5 Å². The summed E-state index contributed by atoms with van der Waals surface area (Å²) in [6, 6.07) is 1.45. The first-order valence-electron chi connectivity index (χ1n) is 5.22. The first-order valence-corrected chi connectivity index (χ1v) is 7.52. The quantitative estimate of drug-likeness (QED) is 0.829. The summed E-state index contributed by atoms with van der Waals surface area (Å²) < 4.78 is 25.4. The number of aromatic carboxylic acids is 1. The van der Waals surface area contributed by atoms with Crippen LogP contribution >= 0.6 is 11.3 Å². The highest BCUT2D eigenvalue weighted by Crippen LogP contribution is 2.27. The Hall–Kier alpha value is -0.920. The Bertz CT molecular complexity index is 504. The first-order chi connectivity index (χ1) is 7.92. The van der Waals surface area contributed by atoms with Gasteiger partial charge >= 0.3 is 5.97 Å². The van der Waals surface area contributed by atoms with Gasteiger partial charge in [-0.3, -0.25) is 0 Å². The lowest BCUT2D eigenvalue weighted by molar-refractivity contribution is 0.0701. The fraction of sp³-hybridized carbons (Fsp3) is 0.500. The molecule has 0 aliphatic heterocycles. The Balaban J connectivity index is 3.17. The maximum Gasteiger partial charge on any atom is 0.346 e. The standard InChI is InChI=1S/C10H15NO4S2/c1-3-4-5-7-6-8(17(14,15)11-2)16-9(7)10(12)13/h6,11H,3-5H2,1-2H3,(H,12,13). The van der Waals surface area contributed by atoms with Crippen LogP contribution in [0.5, 0.6) is 0 Å². The van der Waals surface area contributed by atoms with E-state index in [0.29, 0.717) is 12.0 Å². The molecule has 1 rings (SSSR count). The van der Waals surface area contributed by atoms with Crippen molar-refractivity contribution in [1.82, 2.24) is 4.72 Å². The fourth-order valence-corrected chi connectivity index (χ4v) is 3.59. The van der Waals surface area contributed by atoms with Gasteiger partial charge in [0.15, 0.2) is 0 Å². The third-order valence-electron chi connectivity index (χ3n) is 2.31. The van der Waals surface area contributed by atoms with Gasteiger partial charge in [-0.1, -0.05) is 13.3 Å². The van der Waals surface area contributed by atoms with E-state index >= 15 is 0 Å². The van der Waals surface area contributed by atoms with E-state index in [4.69, 9.17) is 5.11 Å². The van der Waals surface area contributed by atoms with Crippen molar-refractivity contribution in [3.8, 4) is 0 Å². The minimum absolute atomic E-state index is 0.0588. The van der Waals surface area contributed by atoms with E-state index in [9.17, 15) is 13.2 Å². The molecular weight excluding hydrogens is 262 g/mol. The lowest BCUT2D eigenvalue weighted by Gasteiger charge is -1.97. The van der Waals surface area contributed by atoms with Crippen LogP contribution in [0, 0.1) is 0 Å². The zero-order valence-corrected chi connectivity index (χ0v) is 11.3. The first kappa shape index (κ1) is 14.1. The molecule has 0 aliphatic carbocycles. The second-order valence-electron chi connectivity index (χ2n) is 3.54. The monoisotopic (exact) mass is 277 g/mol. The van der Waals surface area contributed by atoms with Crippen molar-refractivity contribution in [2.24, 2.45) is 0 Å². The van der Waals surface area contributed by atoms with Crippen LogP contribution in [-0.2, 0) is 16.4 Å². The Kier molecular flexibility index (Phi) is 4.67. The molecule has 0 bridgehead atoms. The molecule has 1 aromatic rings. The second-order valence-corrected chi connectivity index (χ2v) is 6.70. The Morgan fingerprint density at radius 2 is 2.18 bits per heavy atom.